The van der Waals surface area contributed by atoms with E-state index in [1.54, 1.807) is 6.07 Å². The molecule has 1 aliphatic heterocycles. The van der Waals surface area contributed by atoms with Gasteiger partial charge in [0.15, 0.2) is 11.8 Å². The minimum absolute atomic E-state index is 0.137. The Morgan fingerprint density at radius 1 is 1.19 bits per heavy atom. The van der Waals surface area contributed by atoms with Gasteiger partial charge in [-0.05, 0) is 18.6 Å². The third-order valence-corrected chi connectivity index (χ3v) is 4.37. The predicted octanol–water partition coefficient (Wildman–Crippen LogP) is 2.50. The zero-order valence-corrected chi connectivity index (χ0v) is 14.1. The van der Waals surface area contributed by atoms with Crippen molar-refractivity contribution in [3.05, 3.63) is 42.0 Å². The molecule has 7 nitrogen and oxygen atoms in total. The molecule has 2 N–H and O–H groups in total. The Bertz CT molecular complexity index is 955. The number of nitrogen functional groups attached to an aromatic ring is 1. The van der Waals surface area contributed by atoms with Gasteiger partial charge in [-0.25, -0.2) is 9.97 Å². The van der Waals surface area contributed by atoms with E-state index in [1.165, 1.54) is 0 Å². The third kappa shape index (κ3) is 3.21. The van der Waals surface area contributed by atoms with Crippen LogP contribution in [0.1, 0.15) is 16.8 Å². The Balaban J connectivity index is 1.74. The van der Waals surface area contributed by atoms with Gasteiger partial charge in [-0.1, -0.05) is 24.3 Å². The summed E-state index contributed by atoms with van der Waals surface area (Å²) in [5, 5.41) is 0. The van der Waals surface area contributed by atoms with Crippen LogP contribution < -0.4 is 10.5 Å². The zero-order chi connectivity index (χ0) is 17.9. The quantitative estimate of drug-likeness (QED) is 0.706. The average Bonchev–Trinajstić information content (AvgIpc) is 3.19. The van der Waals surface area contributed by atoms with Crippen molar-refractivity contribution in [1.82, 2.24) is 15.0 Å². The van der Waals surface area contributed by atoms with E-state index in [4.69, 9.17) is 15.2 Å². The van der Waals surface area contributed by atoms with E-state index in [9.17, 15) is 4.79 Å². The summed E-state index contributed by atoms with van der Waals surface area (Å²) in [4.78, 5) is 24.4. The number of rotatable bonds is 5. The van der Waals surface area contributed by atoms with Crippen molar-refractivity contribution in [2.24, 2.45) is 5.92 Å². The molecule has 1 fully saturated rings. The van der Waals surface area contributed by atoms with Crippen molar-refractivity contribution < 1.29 is 14.3 Å². The number of hydrogen-bond acceptors (Lipinski definition) is 7. The summed E-state index contributed by atoms with van der Waals surface area (Å²) in [6.07, 6.45) is 1.78. The highest BCUT2D eigenvalue weighted by molar-refractivity contribution is 5.89. The molecule has 0 spiro atoms. The fraction of sp³-hybridized carbons (Fsp3) is 0.263. The average molecular weight is 350 g/mol. The number of anilines is 1. The van der Waals surface area contributed by atoms with Gasteiger partial charge in [-0.15, -0.1) is 0 Å². The van der Waals surface area contributed by atoms with E-state index in [0.717, 1.165) is 24.9 Å². The van der Waals surface area contributed by atoms with Crippen molar-refractivity contribution in [3.63, 3.8) is 0 Å². The van der Waals surface area contributed by atoms with E-state index in [2.05, 4.69) is 15.0 Å². The predicted molar refractivity (Wildman–Crippen MR) is 97.0 cm³/mol. The minimum Gasteiger partial charge on any atom is -0.476 e. The lowest BCUT2D eigenvalue weighted by atomic mass is 10.0. The number of nitrogens with two attached hydrogens (primary N) is 1. The van der Waals surface area contributed by atoms with Crippen LogP contribution in [0.15, 0.2) is 36.4 Å². The molecule has 4 rings (SSSR count). The van der Waals surface area contributed by atoms with E-state index < -0.39 is 0 Å². The van der Waals surface area contributed by atoms with Crippen LogP contribution in [-0.4, -0.2) is 41.1 Å². The van der Waals surface area contributed by atoms with Crippen LogP contribution in [0.5, 0.6) is 5.88 Å². The number of carbonyl (C=O) groups is 1. The second-order valence-electron chi connectivity index (χ2n) is 6.20. The molecule has 0 aliphatic carbocycles. The van der Waals surface area contributed by atoms with Gasteiger partial charge >= 0.3 is 0 Å². The standard InChI is InChI=1S/C19H18N4O3/c20-19-22-16-6-5-15(14-4-2-1-3-13(14)9-24)21-17(16)18(23-19)26-11-12-7-8-25-10-12/h1-6,9,12H,7-8,10-11H2,(H2,20,22,23). The van der Waals surface area contributed by atoms with Crippen LogP contribution in [0.3, 0.4) is 0 Å². The van der Waals surface area contributed by atoms with Gasteiger partial charge in [-0.3, -0.25) is 4.79 Å². The van der Waals surface area contributed by atoms with Crippen molar-refractivity contribution >= 4 is 23.3 Å². The van der Waals surface area contributed by atoms with E-state index in [0.29, 0.717) is 47.3 Å². The van der Waals surface area contributed by atoms with Gasteiger partial charge in [0.2, 0.25) is 11.8 Å². The van der Waals surface area contributed by atoms with Crippen LogP contribution in [0.25, 0.3) is 22.3 Å². The van der Waals surface area contributed by atoms with Gasteiger partial charge in [-0.2, -0.15) is 4.98 Å². The smallest absolute Gasteiger partial charge is 0.245 e. The normalized spacial score (nSPS) is 16.7. The van der Waals surface area contributed by atoms with E-state index in [1.807, 2.05) is 30.3 Å². The maximum Gasteiger partial charge on any atom is 0.245 e. The van der Waals surface area contributed by atoms with Crippen LogP contribution in [0, 0.1) is 5.92 Å². The maximum absolute atomic E-state index is 11.3. The molecule has 1 aliphatic rings. The maximum atomic E-state index is 11.3. The van der Waals surface area contributed by atoms with Gasteiger partial charge < -0.3 is 15.2 Å². The first-order chi connectivity index (χ1) is 12.7. The van der Waals surface area contributed by atoms with E-state index >= 15 is 0 Å². The molecule has 1 atom stereocenters. The topological polar surface area (TPSA) is 100 Å². The summed E-state index contributed by atoms with van der Waals surface area (Å²) in [5.74, 6) is 0.822. The largest absolute Gasteiger partial charge is 0.476 e. The second kappa shape index (κ2) is 7.05. The molecule has 2 aromatic heterocycles. The SMILES string of the molecule is Nc1nc(OCC2CCOC2)c2nc(-c3ccccc3C=O)ccc2n1. The minimum atomic E-state index is 0.137. The van der Waals surface area contributed by atoms with Crippen LogP contribution in [0.4, 0.5) is 5.95 Å². The zero-order valence-electron chi connectivity index (χ0n) is 14.1. The second-order valence-corrected chi connectivity index (χ2v) is 6.20. The molecule has 3 heterocycles. The van der Waals surface area contributed by atoms with Gasteiger partial charge in [0.05, 0.1) is 24.4 Å². The van der Waals surface area contributed by atoms with E-state index in [-0.39, 0.29) is 5.95 Å². The Hall–Kier alpha value is -3.06. The number of aldehydes is 1. The molecule has 26 heavy (non-hydrogen) atoms. The van der Waals surface area contributed by atoms with Crippen molar-refractivity contribution in [1.29, 1.82) is 0 Å². The fourth-order valence-corrected chi connectivity index (χ4v) is 3.00. The third-order valence-electron chi connectivity index (χ3n) is 4.37. The number of aromatic nitrogens is 3. The highest BCUT2D eigenvalue weighted by atomic mass is 16.5. The molecular formula is C19H18N4O3. The Labute approximate surface area is 150 Å². The number of nitrogens with zero attached hydrogens (tertiary/aromatic N) is 3. The number of carbonyl (C=O) groups excluding carboxylic acids is 1. The number of fused-ring (bicyclic) bond motifs is 1. The molecule has 0 amide bonds. The van der Waals surface area contributed by atoms with Crippen molar-refractivity contribution in [3.8, 4) is 17.1 Å². The summed E-state index contributed by atoms with van der Waals surface area (Å²) in [6.45, 7) is 1.93. The van der Waals surface area contributed by atoms with Crippen LogP contribution in [-0.2, 0) is 4.74 Å². The van der Waals surface area contributed by atoms with Crippen molar-refractivity contribution in [2.45, 2.75) is 6.42 Å². The molecule has 1 saturated heterocycles. The molecule has 3 aromatic rings. The van der Waals surface area contributed by atoms with Crippen LogP contribution >= 0.6 is 0 Å². The summed E-state index contributed by atoms with van der Waals surface area (Å²) in [6, 6.07) is 10.9. The highest BCUT2D eigenvalue weighted by Gasteiger charge is 2.18. The Kier molecular flexibility index (Phi) is 4.45. The molecular weight excluding hydrogens is 332 g/mol. The lowest BCUT2D eigenvalue weighted by Crippen LogP contribution is -2.13. The molecule has 7 heteroatoms. The first-order valence-electron chi connectivity index (χ1n) is 8.44. The monoisotopic (exact) mass is 350 g/mol. The number of hydrogen-bond donors (Lipinski definition) is 1. The molecule has 132 valence electrons. The summed E-state index contributed by atoms with van der Waals surface area (Å²) >= 11 is 0. The lowest BCUT2D eigenvalue weighted by molar-refractivity contribution is 0.112. The first kappa shape index (κ1) is 16.4. The number of pyridine rings is 1. The summed E-state index contributed by atoms with van der Waals surface area (Å²) < 4.78 is 11.3. The molecule has 1 aromatic carbocycles. The summed E-state index contributed by atoms with van der Waals surface area (Å²) in [7, 11) is 0. The Morgan fingerprint density at radius 2 is 2.08 bits per heavy atom. The molecule has 1 unspecified atom stereocenters. The van der Waals surface area contributed by atoms with Crippen molar-refractivity contribution in [2.75, 3.05) is 25.6 Å². The molecule has 0 radical (unpaired) electrons. The number of ether oxygens (including phenoxy) is 2. The number of benzene rings is 1. The molecule has 0 saturated carbocycles. The highest BCUT2D eigenvalue weighted by Crippen LogP contribution is 2.28. The first-order valence-corrected chi connectivity index (χ1v) is 8.44. The fourth-order valence-electron chi connectivity index (χ4n) is 3.00. The van der Waals surface area contributed by atoms with Gasteiger partial charge in [0.25, 0.3) is 0 Å². The lowest BCUT2D eigenvalue weighted by Gasteiger charge is -2.12. The van der Waals surface area contributed by atoms with Gasteiger partial charge in [0, 0.05) is 23.7 Å². The molecule has 0 bridgehead atoms. The van der Waals surface area contributed by atoms with Crippen LogP contribution in [0.2, 0.25) is 0 Å². The summed E-state index contributed by atoms with van der Waals surface area (Å²) in [5.41, 5.74) is 8.90. The van der Waals surface area contributed by atoms with Gasteiger partial charge in [0.1, 0.15) is 0 Å². The Morgan fingerprint density at radius 3 is 2.88 bits per heavy atom.